The molecule has 1 aliphatic rings. The molecule has 0 saturated carbocycles. The van der Waals surface area contributed by atoms with E-state index < -0.39 is 5.60 Å². The predicted octanol–water partition coefficient (Wildman–Crippen LogP) is 1.76. The van der Waals surface area contributed by atoms with E-state index >= 15 is 0 Å². The van der Waals surface area contributed by atoms with Gasteiger partial charge in [0.05, 0.1) is 0 Å². The number of likely N-dealkylation sites (N-methyl/N-ethyl adjacent to an activating group) is 1. The van der Waals surface area contributed by atoms with Crippen LogP contribution in [0.15, 0.2) is 24.3 Å². The Labute approximate surface area is 91.5 Å². The van der Waals surface area contributed by atoms with Gasteiger partial charge in [-0.05, 0) is 19.5 Å². The molecule has 0 spiro atoms. The smallest absolute Gasteiger partial charge is 0.106 e. The van der Waals surface area contributed by atoms with Gasteiger partial charge >= 0.3 is 0 Å². The molecule has 1 aromatic rings. The van der Waals surface area contributed by atoms with Crippen LogP contribution in [0, 0.1) is 12.8 Å². The Morgan fingerprint density at radius 1 is 1.33 bits per heavy atom. The molecule has 2 nitrogen and oxygen atoms in total. The summed E-state index contributed by atoms with van der Waals surface area (Å²) >= 11 is 0. The second-order valence-electron chi connectivity index (χ2n) is 4.89. The van der Waals surface area contributed by atoms with Crippen molar-refractivity contribution in [3.63, 3.8) is 0 Å². The Bertz CT molecular complexity index is 346. The molecule has 1 N–H and O–H groups in total. The minimum Gasteiger partial charge on any atom is -0.383 e. The number of aliphatic hydroxyl groups is 1. The first-order valence-corrected chi connectivity index (χ1v) is 5.50. The first kappa shape index (κ1) is 10.7. The number of rotatable bonds is 1. The summed E-state index contributed by atoms with van der Waals surface area (Å²) in [5, 5.41) is 10.7. The van der Waals surface area contributed by atoms with Gasteiger partial charge in [0.2, 0.25) is 0 Å². The molecule has 0 radical (unpaired) electrons. The lowest BCUT2D eigenvalue weighted by atomic mass is 9.85. The molecule has 0 bridgehead atoms. The van der Waals surface area contributed by atoms with E-state index in [4.69, 9.17) is 0 Å². The van der Waals surface area contributed by atoms with Crippen molar-refractivity contribution in [2.45, 2.75) is 19.4 Å². The standard InChI is InChI=1S/C13H19NO/c1-10-4-6-12(7-5-10)13(15)9-14(3)8-11(13)2/h4-7,11,15H,8-9H2,1-3H3/t11-,13+/m0/s1. The fourth-order valence-electron chi connectivity index (χ4n) is 2.47. The van der Waals surface area contributed by atoms with Crippen molar-refractivity contribution >= 4 is 0 Å². The van der Waals surface area contributed by atoms with E-state index in [-0.39, 0.29) is 0 Å². The summed E-state index contributed by atoms with van der Waals surface area (Å²) in [6.45, 7) is 5.88. The summed E-state index contributed by atoms with van der Waals surface area (Å²) < 4.78 is 0. The third kappa shape index (κ3) is 1.80. The molecule has 1 saturated heterocycles. The zero-order valence-corrected chi connectivity index (χ0v) is 9.70. The quantitative estimate of drug-likeness (QED) is 0.755. The SMILES string of the molecule is Cc1ccc([C@@]2(O)CN(C)C[C@@H]2C)cc1. The van der Waals surface area contributed by atoms with Crippen molar-refractivity contribution in [3.05, 3.63) is 35.4 Å². The number of likely N-dealkylation sites (tertiary alicyclic amines) is 1. The van der Waals surface area contributed by atoms with Crippen LogP contribution in [0.3, 0.4) is 0 Å². The van der Waals surface area contributed by atoms with E-state index in [1.54, 1.807) is 0 Å². The van der Waals surface area contributed by atoms with Crippen LogP contribution in [0.1, 0.15) is 18.1 Å². The fourth-order valence-corrected chi connectivity index (χ4v) is 2.47. The van der Waals surface area contributed by atoms with Crippen LogP contribution in [-0.2, 0) is 5.60 Å². The van der Waals surface area contributed by atoms with Crippen LogP contribution >= 0.6 is 0 Å². The molecular formula is C13H19NO. The van der Waals surface area contributed by atoms with E-state index in [1.807, 2.05) is 12.1 Å². The van der Waals surface area contributed by atoms with E-state index in [0.29, 0.717) is 5.92 Å². The normalized spacial score (nSPS) is 32.1. The van der Waals surface area contributed by atoms with Crippen LogP contribution in [0.4, 0.5) is 0 Å². The molecule has 82 valence electrons. The number of aryl methyl sites for hydroxylation is 1. The van der Waals surface area contributed by atoms with Gasteiger partial charge in [-0.2, -0.15) is 0 Å². The molecule has 15 heavy (non-hydrogen) atoms. The Morgan fingerprint density at radius 2 is 1.93 bits per heavy atom. The Kier molecular flexibility index (Phi) is 2.57. The zero-order valence-electron chi connectivity index (χ0n) is 9.70. The summed E-state index contributed by atoms with van der Waals surface area (Å²) in [7, 11) is 2.06. The van der Waals surface area contributed by atoms with Gasteiger partial charge in [-0.3, -0.25) is 0 Å². The molecule has 0 amide bonds. The highest BCUT2D eigenvalue weighted by Gasteiger charge is 2.42. The van der Waals surface area contributed by atoms with Crippen molar-refractivity contribution in [1.82, 2.24) is 4.90 Å². The highest BCUT2D eigenvalue weighted by molar-refractivity contribution is 5.28. The van der Waals surface area contributed by atoms with Crippen molar-refractivity contribution in [1.29, 1.82) is 0 Å². The monoisotopic (exact) mass is 205 g/mol. The molecule has 0 unspecified atom stereocenters. The molecule has 1 heterocycles. The number of nitrogens with zero attached hydrogens (tertiary/aromatic N) is 1. The predicted molar refractivity (Wildman–Crippen MR) is 61.7 cm³/mol. The van der Waals surface area contributed by atoms with E-state index in [9.17, 15) is 5.11 Å². The average molecular weight is 205 g/mol. The highest BCUT2D eigenvalue weighted by atomic mass is 16.3. The lowest BCUT2D eigenvalue weighted by molar-refractivity contribution is 0.0146. The van der Waals surface area contributed by atoms with Gasteiger partial charge in [-0.15, -0.1) is 0 Å². The molecule has 1 aliphatic heterocycles. The topological polar surface area (TPSA) is 23.5 Å². The molecule has 2 rings (SSSR count). The van der Waals surface area contributed by atoms with Crippen LogP contribution < -0.4 is 0 Å². The van der Waals surface area contributed by atoms with Crippen LogP contribution in [0.25, 0.3) is 0 Å². The Morgan fingerprint density at radius 3 is 2.40 bits per heavy atom. The molecule has 0 aliphatic carbocycles. The number of benzene rings is 1. The number of hydrogen-bond acceptors (Lipinski definition) is 2. The van der Waals surface area contributed by atoms with Gasteiger partial charge in [0.25, 0.3) is 0 Å². The summed E-state index contributed by atoms with van der Waals surface area (Å²) in [5.74, 6) is 0.296. The van der Waals surface area contributed by atoms with Gasteiger partial charge in [0, 0.05) is 19.0 Å². The van der Waals surface area contributed by atoms with Gasteiger partial charge in [-0.1, -0.05) is 36.8 Å². The van der Waals surface area contributed by atoms with Gasteiger partial charge in [0.1, 0.15) is 5.60 Å². The summed E-state index contributed by atoms with van der Waals surface area (Å²) in [4.78, 5) is 2.19. The van der Waals surface area contributed by atoms with Gasteiger partial charge in [0.15, 0.2) is 0 Å². The van der Waals surface area contributed by atoms with Crippen LogP contribution in [-0.4, -0.2) is 30.1 Å². The molecule has 1 fully saturated rings. The maximum atomic E-state index is 10.7. The fraction of sp³-hybridized carbons (Fsp3) is 0.538. The number of hydrogen-bond donors (Lipinski definition) is 1. The second kappa shape index (κ2) is 3.62. The lowest BCUT2D eigenvalue weighted by Gasteiger charge is -2.27. The zero-order chi connectivity index (χ0) is 11.1. The first-order valence-electron chi connectivity index (χ1n) is 5.50. The minimum atomic E-state index is -0.664. The minimum absolute atomic E-state index is 0.296. The molecule has 2 heteroatoms. The Balaban J connectivity index is 2.33. The van der Waals surface area contributed by atoms with Crippen LogP contribution in [0.2, 0.25) is 0 Å². The van der Waals surface area contributed by atoms with Crippen molar-refractivity contribution in [3.8, 4) is 0 Å². The summed E-state index contributed by atoms with van der Waals surface area (Å²) in [5.41, 5.74) is 1.62. The van der Waals surface area contributed by atoms with Crippen LogP contribution in [0.5, 0.6) is 0 Å². The Hall–Kier alpha value is -0.860. The maximum Gasteiger partial charge on any atom is 0.106 e. The van der Waals surface area contributed by atoms with Crippen molar-refractivity contribution in [2.75, 3.05) is 20.1 Å². The van der Waals surface area contributed by atoms with E-state index in [1.165, 1.54) is 5.56 Å². The second-order valence-corrected chi connectivity index (χ2v) is 4.89. The van der Waals surface area contributed by atoms with E-state index in [0.717, 1.165) is 18.7 Å². The summed E-state index contributed by atoms with van der Waals surface area (Å²) in [6, 6.07) is 8.23. The molecule has 1 aromatic carbocycles. The van der Waals surface area contributed by atoms with Gasteiger partial charge < -0.3 is 10.0 Å². The summed E-state index contributed by atoms with van der Waals surface area (Å²) in [6.07, 6.45) is 0. The number of β-amino-alcohol motifs (C(OH)–C–C–N with tert-alkyl or cyclic N) is 1. The van der Waals surface area contributed by atoms with Crippen molar-refractivity contribution < 1.29 is 5.11 Å². The lowest BCUT2D eigenvalue weighted by Crippen LogP contribution is -2.33. The van der Waals surface area contributed by atoms with E-state index in [2.05, 4.69) is 37.9 Å². The van der Waals surface area contributed by atoms with Crippen molar-refractivity contribution in [2.24, 2.45) is 5.92 Å². The molecule has 2 atom stereocenters. The molecule has 0 aromatic heterocycles. The largest absolute Gasteiger partial charge is 0.383 e. The molecular weight excluding hydrogens is 186 g/mol. The highest BCUT2D eigenvalue weighted by Crippen LogP contribution is 2.35. The third-order valence-electron chi connectivity index (χ3n) is 3.46. The first-order chi connectivity index (χ1) is 7.02. The third-order valence-corrected chi connectivity index (χ3v) is 3.46. The van der Waals surface area contributed by atoms with Gasteiger partial charge in [-0.25, -0.2) is 0 Å². The maximum absolute atomic E-state index is 10.7. The average Bonchev–Trinajstić information content (AvgIpc) is 2.42.